The summed E-state index contributed by atoms with van der Waals surface area (Å²) in [6.07, 6.45) is 5.08. The predicted molar refractivity (Wildman–Crippen MR) is 80.5 cm³/mol. The van der Waals surface area contributed by atoms with E-state index in [0.717, 1.165) is 32.2 Å². The van der Waals surface area contributed by atoms with E-state index in [4.69, 9.17) is 4.74 Å². The first kappa shape index (κ1) is 15.5. The van der Waals surface area contributed by atoms with E-state index in [1.807, 2.05) is 0 Å². The van der Waals surface area contributed by atoms with Crippen molar-refractivity contribution in [2.24, 2.45) is 11.8 Å². The van der Waals surface area contributed by atoms with E-state index < -0.39 is 0 Å². The number of allylic oxidation sites excluding steroid dienone is 1. The molecule has 0 saturated carbocycles. The van der Waals surface area contributed by atoms with Crippen LogP contribution in [0.5, 0.6) is 0 Å². The summed E-state index contributed by atoms with van der Waals surface area (Å²) >= 11 is 0. The fourth-order valence-corrected chi connectivity index (χ4v) is 3.30. The summed E-state index contributed by atoms with van der Waals surface area (Å²) < 4.78 is 5.73. The summed E-state index contributed by atoms with van der Waals surface area (Å²) in [5.41, 5.74) is 1.55. The summed E-state index contributed by atoms with van der Waals surface area (Å²) in [4.78, 5) is 13.5. The van der Waals surface area contributed by atoms with Crippen LogP contribution < -0.4 is 5.32 Å². The average molecular weight is 280 g/mol. The van der Waals surface area contributed by atoms with Crippen molar-refractivity contribution in [1.82, 2.24) is 10.2 Å². The summed E-state index contributed by atoms with van der Waals surface area (Å²) in [7, 11) is 0. The zero-order valence-electron chi connectivity index (χ0n) is 13.0. The van der Waals surface area contributed by atoms with Crippen molar-refractivity contribution in [3.63, 3.8) is 0 Å². The molecule has 114 valence electrons. The van der Waals surface area contributed by atoms with Gasteiger partial charge in [0.05, 0.1) is 12.7 Å². The van der Waals surface area contributed by atoms with Crippen molar-refractivity contribution in [2.45, 2.75) is 39.7 Å². The van der Waals surface area contributed by atoms with E-state index in [2.05, 4.69) is 30.1 Å². The molecule has 1 heterocycles. The monoisotopic (exact) mass is 280 g/mol. The summed E-state index contributed by atoms with van der Waals surface area (Å²) in [6.45, 7) is 10.7. The van der Waals surface area contributed by atoms with Crippen molar-refractivity contribution in [3.05, 3.63) is 11.6 Å². The maximum Gasteiger partial charge on any atom is 0.216 e. The van der Waals surface area contributed by atoms with Crippen molar-refractivity contribution in [2.75, 3.05) is 32.8 Å². The number of carbonyl (C=O) groups is 1. The van der Waals surface area contributed by atoms with Crippen LogP contribution in [0.15, 0.2) is 11.6 Å². The highest BCUT2D eigenvalue weighted by molar-refractivity contribution is 5.72. The van der Waals surface area contributed by atoms with Gasteiger partial charge in [-0.25, -0.2) is 0 Å². The van der Waals surface area contributed by atoms with E-state index in [1.165, 1.54) is 12.8 Å². The molecule has 0 aromatic rings. The number of hydrogen-bond donors (Lipinski definition) is 1. The minimum atomic E-state index is 0.0189. The Hall–Kier alpha value is -0.870. The van der Waals surface area contributed by atoms with Crippen LogP contribution in [0.4, 0.5) is 0 Å². The lowest BCUT2D eigenvalue weighted by Gasteiger charge is -2.38. The van der Waals surface area contributed by atoms with Crippen molar-refractivity contribution in [1.29, 1.82) is 0 Å². The van der Waals surface area contributed by atoms with Crippen LogP contribution in [0, 0.1) is 11.8 Å². The van der Waals surface area contributed by atoms with Crippen LogP contribution in [-0.2, 0) is 9.53 Å². The Labute approximate surface area is 122 Å². The molecule has 1 amide bonds. The molecule has 1 saturated heterocycles. The second kappa shape index (κ2) is 7.23. The maximum atomic E-state index is 11.0. The van der Waals surface area contributed by atoms with E-state index in [9.17, 15) is 4.79 Å². The molecule has 20 heavy (non-hydrogen) atoms. The average Bonchev–Trinajstić information content (AvgIpc) is 2.41. The molecular weight excluding hydrogens is 252 g/mol. The number of nitrogens with one attached hydrogen (secondary N) is 1. The molecule has 1 N–H and O–H groups in total. The number of hydrogen-bond acceptors (Lipinski definition) is 3. The van der Waals surface area contributed by atoms with Gasteiger partial charge in [-0.2, -0.15) is 0 Å². The first-order valence-electron chi connectivity index (χ1n) is 7.81. The molecule has 3 atom stereocenters. The van der Waals surface area contributed by atoms with Gasteiger partial charge in [-0.3, -0.25) is 9.69 Å². The molecule has 1 aliphatic carbocycles. The Morgan fingerprint density at radius 3 is 3.05 bits per heavy atom. The van der Waals surface area contributed by atoms with Gasteiger partial charge in [-0.1, -0.05) is 18.6 Å². The van der Waals surface area contributed by atoms with Crippen LogP contribution in [0.3, 0.4) is 0 Å². The zero-order chi connectivity index (χ0) is 14.5. The van der Waals surface area contributed by atoms with Crippen LogP contribution >= 0.6 is 0 Å². The zero-order valence-corrected chi connectivity index (χ0v) is 13.0. The van der Waals surface area contributed by atoms with Gasteiger partial charge in [0.1, 0.15) is 0 Å². The Balaban J connectivity index is 1.84. The van der Waals surface area contributed by atoms with Crippen LogP contribution in [0.2, 0.25) is 0 Å². The normalized spacial score (nSPS) is 31.8. The molecule has 4 heteroatoms. The molecule has 0 spiro atoms. The number of ether oxygens (including phenoxy) is 1. The minimum absolute atomic E-state index is 0.0189. The fraction of sp³-hybridized carbons (Fsp3) is 0.812. The van der Waals surface area contributed by atoms with Crippen molar-refractivity contribution < 1.29 is 9.53 Å². The third-order valence-corrected chi connectivity index (χ3v) is 4.62. The Morgan fingerprint density at radius 2 is 2.35 bits per heavy atom. The molecule has 0 radical (unpaired) electrons. The fourth-order valence-electron chi connectivity index (χ4n) is 3.30. The van der Waals surface area contributed by atoms with E-state index in [-0.39, 0.29) is 12.0 Å². The largest absolute Gasteiger partial charge is 0.374 e. The third-order valence-electron chi connectivity index (χ3n) is 4.62. The van der Waals surface area contributed by atoms with E-state index in [0.29, 0.717) is 12.5 Å². The van der Waals surface area contributed by atoms with Crippen LogP contribution in [-0.4, -0.2) is 49.7 Å². The lowest BCUT2D eigenvalue weighted by Crippen LogP contribution is -2.49. The minimum Gasteiger partial charge on any atom is -0.374 e. The van der Waals surface area contributed by atoms with Crippen molar-refractivity contribution in [3.8, 4) is 0 Å². The van der Waals surface area contributed by atoms with Gasteiger partial charge in [-0.15, -0.1) is 0 Å². The first-order valence-corrected chi connectivity index (χ1v) is 7.81. The third kappa shape index (κ3) is 4.32. The molecule has 0 unspecified atom stereocenters. The lowest BCUT2D eigenvalue weighted by molar-refractivity contribution is -0.120. The maximum absolute atomic E-state index is 11.0. The molecule has 0 aromatic carbocycles. The second-order valence-electron chi connectivity index (χ2n) is 6.30. The van der Waals surface area contributed by atoms with Gasteiger partial charge in [0.25, 0.3) is 0 Å². The first-order chi connectivity index (χ1) is 9.56. The topological polar surface area (TPSA) is 41.6 Å². The summed E-state index contributed by atoms with van der Waals surface area (Å²) in [5, 5.41) is 2.85. The van der Waals surface area contributed by atoms with E-state index >= 15 is 0 Å². The quantitative estimate of drug-likeness (QED) is 0.799. The van der Waals surface area contributed by atoms with Gasteiger partial charge in [0.15, 0.2) is 0 Å². The number of morpholine rings is 1. The van der Waals surface area contributed by atoms with Gasteiger partial charge in [-0.05, 0) is 31.6 Å². The van der Waals surface area contributed by atoms with Gasteiger partial charge in [0.2, 0.25) is 5.91 Å². The highest BCUT2D eigenvalue weighted by Gasteiger charge is 2.27. The predicted octanol–water partition coefficient (Wildman–Crippen LogP) is 1.82. The highest BCUT2D eigenvalue weighted by Crippen LogP contribution is 2.31. The van der Waals surface area contributed by atoms with Crippen molar-refractivity contribution >= 4 is 5.91 Å². The number of nitrogens with zero attached hydrogens (tertiary/aromatic N) is 1. The highest BCUT2D eigenvalue weighted by atomic mass is 16.5. The van der Waals surface area contributed by atoms with E-state index in [1.54, 1.807) is 12.5 Å². The molecular formula is C16H28N2O2. The molecule has 0 aromatic heterocycles. The molecule has 1 aliphatic heterocycles. The van der Waals surface area contributed by atoms with Gasteiger partial charge >= 0.3 is 0 Å². The smallest absolute Gasteiger partial charge is 0.216 e. The standard InChI is InChI=1S/C16H28N2O2/c1-12-5-4-6-13(2)16(12)11-18-7-8-20-15(10-18)9-17-14(3)19/h5,13,15-16H,4,6-11H2,1-3H3,(H,17,19)/t13-,15-,16+/m1/s1. The number of rotatable bonds is 4. The molecule has 1 fully saturated rings. The number of carbonyl (C=O) groups excluding carboxylic acids is 1. The Bertz CT molecular complexity index is 367. The summed E-state index contributed by atoms with van der Waals surface area (Å²) in [6, 6.07) is 0. The van der Waals surface area contributed by atoms with Gasteiger partial charge in [0, 0.05) is 33.1 Å². The molecule has 0 bridgehead atoms. The molecule has 2 aliphatic rings. The van der Waals surface area contributed by atoms with Gasteiger partial charge < -0.3 is 10.1 Å². The second-order valence-corrected chi connectivity index (χ2v) is 6.30. The Kier molecular flexibility index (Phi) is 5.61. The van der Waals surface area contributed by atoms with Crippen LogP contribution in [0.1, 0.15) is 33.6 Å². The Morgan fingerprint density at radius 1 is 1.55 bits per heavy atom. The number of amides is 1. The molecule has 4 nitrogen and oxygen atoms in total. The summed E-state index contributed by atoms with van der Waals surface area (Å²) in [5.74, 6) is 1.48. The lowest BCUT2D eigenvalue weighted by atomic mass is 9.79. The van der Waals surface area contributed by atoms with Crippen LogP contribution in [0.25, 0.3) is 0 Å². The SMILES string of the molecule is CC(=O)NC[C@@H]1CN(C[C@H]2C(C)=CCC[C@H]2C)CCO1. The molecule has 2 rings (SSSR count).